The number of nitrogens with one attached hydrogen (secondary N) is 1. The van der Waals surface area contributed by atoms with Crippen LogP contribution in [-0.4, -0.2) is 44.3 Å². The average molecular weight is 323 g/mol. The Morgan fingerprint density at radius 1 is 1.13 bits per heavy atom. The number of carbonyl (C=O) groups is 2. The number of benzene rings is 1. The molecule has 23 heavy (non-hydrogen) atoms. The van der Waals surface area contributed by atoms with E-state index in [4.69, 9.17) is 14.2 Å². The van der Waals surface area contributed by atoms with Crippen molar-refractivity contribution >= 4 is 11.9 Å². The second-order valence-electron chi connectivity index (χ2n) is 5.39. The van der Waals surface area contributed by atoms with Gasteiger partial charge in [-0.15, -0.1) is 0 Å². The van der Waals surface area contributed by atoms with E-state index >= 15 is 0 Å². The first-order valence-corrected chi connectivity index (χ1v) is 7.62. The molecule has 0 saturated carbocycles. The van der Waals surface area contributed by atoms with Gasteiger partial charge < -0.3 is 19.5 Å². The van der Waals surface area contributed by atoms with Crippen molar-refractivity contribution < 1.29 is 23.8 Å². The molecule has 0 saturated heterocycles. The van der Waals surface area contributed by atoms with Gasteiger partial charge in [0.05, 0.1) is 24.9 Å². The molecule has 1 atom stereocenters. The molecule has 0 bridgehead atoms. The Labute approximate surface area is 137 Å². The number of carbonyl (C=O) groups excluding carboxylic acids is 2. The number of hydrogen-bond donors (Lipinski definition) is 1. The molecule has 1 aromatic carbocycles. The summed E-state index contributed by atoms with van der Waals surface area (Å²) in [6.07, 6.45) is -0.708. The Kier molecular flexibility index (Phi) is 8.29. The SMILES string of the molecule is COCCNC(=O)[C@H](C)OC(=O)c1ccc(COC(C)C)cc1. The molecular formula is C17H25NO5. The lowest BCUT2D eigenvalue weighted by molar-refractivity contribution is -0.129. The first-order valence-electron chi connectivity index (χ1n) is 7.62. The van der Waals surface area contributed by atoms with Gasteiger partial charge in [0, 0.05) is 13.7 Å². The fourth-order valence-corrected chi connectivity index (χ4v) is 1.70. The molecule has 0 radical (unpaired) electrons. The van der Waals surface area contributed by atoms with Gasteiger partial charge in [0.15, 0.2) is 6.10 Å². The van der Waals surface area contributed by atoms with Crippen molar-refractivity contribution in [3.8, 4) is 0 Å². The highest BCUT2D eigenvalue weighted by atomic mass is 16.5. The summed E-state index contributed by atoms with van der Waals surface area (Å²) in [4.78, 5) is 23.7. The van der Waals surface area contributed by atoms with Crippen molar-refractivity contribution in [2.75, 3.05) is 20.3 Å². The Morgan fingerprint density at radius 2 is 1.78 bits per heavy atom. The summed E-state index contributed by atoms with van der Waals surface area (Å²) >= 11 is 0. The summed E-state index contributed by atoms with van der Waals surface area (Å²) in [6.45, 7) is 6.74. The van der Waals surface area contributed by atoms with E-state index in [9.17, 15) is 9.59 Å². The van der Waals surface area contributed by atoms with Crippen molar-refractivity contribution in [3.63, 3.8) is 0 Å². The van der Waals surface area contributed by atoms with Gasteiger partial charge in [-0.3, -0.25) is 4.79 Å². The van der Waals surface area contributed by atoms with Crippen LogP contribution in [0.25, 0.3) is 0 Å². The van der Waals surface area contributed by atoms with Crippen LogP contribution in [0.4, 0.5) is 0 Å². The maximum absolute atomic E-state index is 12.0. The van der Waals surface area contributed by atoms with Crippen LogP contribution in [0.1, 0.15) is 36.7 Å². The molecule has 6 heteroatoms. The van der Waals surface area contributed by atoms with Gasteiger partial charge in [-0.25, -0.2) is 4.79 Å². The standard InChI is InChI=1S/C17H25NO5/c1-12(2)22-11-14-5-7-15(8-6-14)17(20)23-13(3)16(19)18-9-10-21-4/h5-8,12-13H,9-11H2,1-4H3,(H,18,19)/t13-/m0/s1. The molecule has 1 aromatic rings. The van der Waals surface area contributed by atoms with Crippen LogP contribution in [0.2, 0.25) is 0 Å². The van der Waals surface area contributed by atoms with Crippen molar-refractivity contribution in [2.45, 2.75) is 39.6 Å². The zero-order chi connectivity index (χ0) is 17.2. The first-order chi connectivity index (χ1) is 10.9. The smallest absolute Gasteiger partial charge is 0.338 e. The predicted molar refractivity (Wildman–Crippen MR) is 86.1 cm³/mol. The summed E-state index contributed by atoms with van der Waals surface area (Å²) in [7, 11) is 1.55. The van der Waals surface area contributed by atoms with Gasteiger partial charge in [0.1, 0.15) is 0 Å². The molecule has 6 nitrogen and oxygen atoms in total. The third kappa shape index (κ3) is 7.25. The van der Waals surface area contributed by atoms with Gasteiger partial charge in [-0.1, -0.05) is 12.1 Å². The number of esters is 1. The highest BCUT2D eigenvalue weighted by Gasteiger charge is 2.18. The Hall–Kier alpha value is -1.92. The lowest BCUT2D eigenvalue weighted by Gasteiger charge is -2.13. The second kappa shape index (κ2) is 9.97. The van der Waals surface area contributed by atoms with E-state index in [-0.39, 0.29) is 12.0 Å². The third-order valence-electron chi connectivity index (χ3n) is 3.03. The monoisotopic (exact) mass is 323 g/mol. The topological polar surface area (TPSA) is 73.9 Å². The summed E-state index contributed by atoms with van der Waals surface area (Å²) in [6, 6.07) is 6.94. The summed E-state index contributed by atoms with van der Waals surface area (Å²) in [5.41, 5.74) is 1.37. The quantitative estimate of drug-likeness (QED) is 0.555. The van der Waals surface area contributed by atoms with Crippen LogP contribution in [0.5, 0.6) is 0 Å². The highest BCUT2D eigenvalue weighted by molar-refractivity contribution is 5.92. The van der Waals surface area contributed by atoms with E-state index in [0.717, 1.165) is 5.56 Å². The normalized spacial score (nSPS) is 12.0. The molecular weight excluding hydrogens is 298 g/mol. The molecule has 0 spiro atoms. The van der Waals surface area contributed by atoms with Gasteiger partial charge in [0.2, 0.25) is 0 Å². The maximum atomic E-state index is 12.0. The Balaban J connectivity index is 2.49. The van der Waals surface area contributed by atoms with Gasteiger partial charge in [-0.2, -0.15) is 0 Å². The van der Waals surface area contributed by atoms with Crippen LogP contribution >= 0.6 is 0 Å². The Morgan fingerprint density at radius 3 is 2.35 bits per heavy atom. The summed E-state index contributed by atoms with van der Waals surface area (Å²) in [5.74, 6) is -0.881. The number of rotatable bonds is 9. The van der Waals surface area contributed by atoms with Crippen LogP contribution in [0, 0.1) is 0 Å². The molecule has 0 aliphatic heterocycles. The fourth-order valence-electron chi connectivity index (χ4n) is 1.70. The molecule has 0 aliphatic rings. The number of ether oxygens (including phenoxy) is 3. The molecule has 0 aromatic heterocycles. The number of methoxy groups -OCH3 is 1. The van der Waals surface area contributed by atoms with Gasteiger partial charge >= 0.3 is 5.97 Å². The first kappa shape index (κ1) is 19.1. The molecule has 0 fully saturated rings. The van der Waals surface area contributed by atoms with E-state index in [1.54, 1.807) is 19.2 Å². The predicted octanol–water partition coefficient (Wildman–Crippen LogP) is 1.92. The van der Waals surface area contributed by atoms with Crippen LogP contribution < -0.4 is 5.32 Å². The maximum Gasteiger partial charge on any atom is 0.338 e. The molecule has 1 amide bonds. The Bertz CT molecular complexity index is 498. The van der Waals surface area contributed by atoms with Gasteiger partial charge in [0.25, 0.3) is 5.91 Å². The molecule has 0 unspecified atom stereocenters. The molecule has 0 aliphatic carbocycles. The minimum Gasteiger partial charge on any atom is -0.449 e. The summed E-state index contributed by atoms with van der Waals surface area (Å²) < 4.78 is 15.5. The largest absolute Gasteiger partial charge is 0.449 e. The minimum atomic E-state index is -0.858. The van der Waals surface area contributed by atoms with Crippen molar-refractivity contribution in [2.24, 2.45) is 0 Å². The molecule has 1 rings (SSSR count). The second-order valence-corrected chi connectivity index (χ2v) is 5.39. The summed E-state index contributed by atoms with van der Waals surface area (Å²) in [5, 5.41) is 2.62. The van der Waals surface area contributed by atoms with E-state index in [1.165, 1.54) is 6.92 Å². The number of amides is 1. The lowest BCUT2D eigenvalue weighted by Crippen LogP contribution is -2.37. The van der Waals surface area contributed by atoms with E-state index in [2.05, 4.69) is 5.32 Å². The van der Waals surface area contributed by atoms with Crippen molar-refractivity contribution in [1.82, 2.24) is 5.32 Å². The van der Waals surface area contributed by atoms with E-state index in [1.807, 2.05) is 26.0 Å². The van der Waals surface area contributed by atoms with Gasteiger partial charge in [-0.05, 0) is 38.5 Å². The molecule has 1 N–H and O–H groups in total. The third-order valence-corrected chi connectivity index (χ3v) is 3.03. The van der Waals surface area contributed by atoms with E-state index < -0.39 is 12.1 Å². The minimum absolute atomic E-state index is 0.150. The zero-order valence-electron chi connectivity index (χ0n) is 14.1. The van der Waals surface area contributed by atoms with Crippen molar-refractivity contribution in [3.05, 3.63) is 35.4 Å². The van der Waals surface area contributed by atoms with Crippen molar-refractivity contribution in [1.29, 1.82) is 0 Å². The zero-order valence-corrected chi connectivity index (χ0v) is 14.1. The fraction of sp³-hybridized carbons (Fsp3) is 0.529. The van der Waals surface area contributed by atoms with Crippen LogP contribution in [0.15, 0.2) is 24.3 Å². The molecule has 128 valence electrons. The van der Waals surface area contributed by atoms with Crippen LogP contribution in [-0.2, 0) is 25.6 Å². The lowest BCUT2D eigenvalue weighted by atomic mass is 10.1. The van der Waals surface area contributed by atoms with E-state index in [0.29, 0.717) is 25.3 Å². The molecule has 0 heterocycles. The van der Waals surface area contributed by atoms with Crippen LogP contribution in [0.3, 0.4) is 0 Å². The average Bonchev–Trinajstić information content (AvgIpc) is 2.53. The highest BCUT2D eigenvalue weighted by Crippen LogP contribution is 2.09. The number of hydrogen-bond acceptors (Lipinski definition) is 5.